The van der Waals surface area contributed by atoms with Crippen molar-refractivity contribution in [2.45, 2.75) is 46.5 Å². The number of allylic oxidation sites excluding steroid dienone is 3. The summed E-state index contributed by atoms with van der Waals surface area (Å²) in [5.74, 6) is 0.0749. The average molecular weight is 212 g/mol. The van der Waals surface area contributed by atoms with E-state index in [4.69, 9.17) is 0 Å². The lowest BCUT2D eigenvalue weighted by atomic mass is 10.2. The van der Waals surface area contributed by atoms with Crippen LogP contribution in [-0.2, 0) is 4.79 Å². The lowest BCUT2D eigenvalue weighted by molar-refractivity contribution is -0.120. The highest BCUT2D eigenvalue weighted by Crippen LogP contribution is 1.98. The number of carbonyl (C=O) groups is 1. The molecule has 15 heavy (non-hydrogen) atoms. The zero-order valence-corrected chi connectivity index (χ0v) is 10.2. The van der Waals surface area contributed by atoms with Gasteiger partial charge in [-0.05, 0) is 18.9 Å². The number of carbonyl (C=O) groups excluding carboxylic acids is 1. The van der Waals surface area contributed by atoms with E-state index >= 15 is 0 Å². The maximum absolute atomic E-state index is 11.1. The van der Waals surface area contributed by atoms with Crippen LogP contribution in [-0.4, -0.2) is 5.91 Å². The third-order valence-electron chi connectivity index (χ3n) is 1.78. The zero-order valence-electron chi connectivity index (χ0n) is 10.2. The number of unbranched alkanes of at least 4 members (excludes halogenated alkanes) is 1. The fourth-order valence-corrected chi connectivity index (χ4v) is 1.01. The normalized spacial score (nSPS) is 11.3. The number of nitrogens with one attached hydrogen (secondary N) is 1. The van der Waals surface area contributed by atoms with Crippen LogP contribution in [0.1, 0.15) is 46.5 Å². The van der Waals surface area contributed by atoms with Gasteiger partial charge in [-0.2, -0.15) is 0 Å². The highest BCUT2D eigenvalue weighted by molar-refractivity contribution is 5.77. The van der Waals surface area contributed by atoms with Gasteiger partial charge in [-0.1, -0.05) is 39.3 Å². The van der Waals surface area contributed by atoms with Gasteiger partial charge in [0.25, 0.3) is 0 Å². The second-order valence-corrected chi connectivity index (χ2v) is 3.16. The molecule has 0 radical (unpaired) electrons. The van der Waals surface area contributed by atoms with Crippen molar-refractivity contribution in [2.24, 2.45) is 0 Å². The van der Waals surface area contributed by atoms with E-state index in [1.165, 1.54) is 0 Å². The minimum Gasteiger partial charge on any atom is -0.344 e. The van der Waals surface area contributed by atoms with E-state index < -0.39 is 0 Å². The molecule has 3 heteroatoms. The number of hydrogen-bond donors (Lipinski definition) is 2. The molecule has 0 atom stereocenters. The van der Waals surface area contributed by atoms with Gasteiger partial charge in [-0.15, -0.1) is 0 Å². The predicted molar refractivity (Wildman–Crippen MR) is 65.9 cm³/mol. The summed E-state index contributed by atoms with van der Waals surface area (Å²) in [7, 11) is 0. The Balaban J connectivity index is 0. The van der Waals surface area contributed by atoms with Crippen LogP contribution in [0.2, 0.25) is 0 Å². The van der Waals surface area contributed by atoms with Crippen LogP contribution in [0.25, 0.3) is 0 Å². The Kier molecular flexibility index (Phi) is 12.0. The van der Waals surface area contributed by atoms with Gasteiger partial charge in [0.2, 0.25) is 5.91 Å². The molecule has 0 aliphatic rings. The van der Waals surface area contributed by atoms with Gasteiger partial charge in [0.1, 0.15) is 0 Å². The summed E-state index contributed by atoms with van der Waals surface area (Å²) in [6.07, 6.45) is 9.77. The molecule has 0 aromatic rings. The van der Waals surface area contributed by atoms with Crippen LogP contribution in [0.3, 0.4) is 0 Å². The van der Waals surface area contributed by atoms with Crippen molar-refractivity contribution in [3.63, 3.8) is 0 Å². The van der Waals surface area contributed by atoms with Crippen molar-refractivity contribution in [2.75, 3.05) is 0 Å². The average Bonchev–Trinajstić information content (AvgIpc) is 2.18. The van der Waals surface area contributed by atoms with Gasteiger partial charge < -0.3 is 11.5 Å². The highest BCUT2D eigenvalue weighted by atomic mass is 16.1. The molecular formula is C12H24N2O. The largest absolute Gasteiger partial charge is 0.344 e. The second kappa shape index (κ2) is 11.0. The predicted octanol–water partition coefficient (Wildman–Crippen LogP) is 3.32. The first kappa shape index (κ1) is 16.3. The maximum atomic E-state index is 11.1. The number of hydrogen-bond acceptors (Lipinski definition) is 2. The third-order valence-corrected chi connectivity index (χ3v) is 1.78. The van der Waals surface area contributed by atoms with Crippen LogP contribution in [0.4, 0.5) is 0 Å². The van der Waals surface area contributed by atoms with E-state index in [1.54, 1.807) is 0 Å². The smallest absolute Gasteiger partial charge is 0.224 e. The van der Waals surface area contributed by atoms with E-state index in [0.29, 0.717) is 6.42 Å². The Morgan fingerprint density at radius 1 is 1.27 bits per heavy atom. The van der Waals surface area contributed by atoms with Crippen molar-refractivity contribution in [3.05, 3.63) is 23.9 Å². The summed E-state index contributed by atoms with van der Waals surface area (Å²) in [6.45, 7) is 6.05. The topological polar surface area (TPSA) is 64.1 Å². The Labute approximate surface area is 93.2 Å². The molecule has 1 amide bonds. The molecule has 0 aromatic heterocycles. The van der Waals surface area contributed by atoms with Gasteiger partial charge in [-0.3, -0.25) is 4.79 Å². The third kappa shape index (κ3) is 9.22. The Bertz CT molecular complexity index is 220. The first-order valence-corrected chi connectivity index (χ1v) is 5.41. The first-order chi connectivity index (χ1) is 6.74. The summed E-state index contributed by atoms with van der Waals surface area (Å²) in [6, 6.07) is 0. The van der Waals surface area contributed by atoms with Gasteiger partial charge in [-0.25, -0.2) is 0 Å². The standard InChI is InChI=1S/C12H21NO.H3N/c1-4-7-8-10-11(9-5-2)13-12(14)6-3;/h8-10H,4-7H2,1-3H3,(H,13,14);1H3/b10-8-,11-9+;. The van der Waals surface area contributed by atoms with Crippen LogP contribution in [0.15, 0.2) is 23.9 Å². The van der Waals surface area contributed by atoms with E-state index in [2.05, 4.69) is 25.2 Å². The molecule has 0 heterocycles. The molecule has 88 valence electrons. The molecule has 0 saturated carbocycles. The van der Waals surface area contributed by atoms with Crippen molar-refractivity contribution < 1.29 is 4.79 Å². The molecule has 0 bridgehead atoms. The first-order valence-electron chi connectivity index (χ1n) is 5.41. The molecule has 3 nitrogen and oxygen atoms in total. The van der Waals surface area contributed by atoms with Crippen molar-refractivity contribution in [1.29, 1.82) is 0 Å². The van der Waals surface area contributed by atoms with Gasteiger partial charge in [0, 0.05) is 12.1 Å². The molecule has 4 N–H and O–H groups in total. The molecule has 0 aromatic carbocycles. The van der Waals surface area contributed by atoms with E-state index in [-0.39, 0.29) is 12.1 Å². The molecule has 0 aliphatic heterocycles. The van der Waals surface area contributed by atoms with E-state index in [1.807, 2.05) is 19.1 Å². The summed E-state index contributed by atoms with van der Waals surface area (Å²) in [5, 5.41) is 2.86. The lowest BCUT2D eigenvalue weighted by Crippen LogP contribution is -2.20. The zero-order chi connectivity index (χ0) is 10.8. The second-order valence-electron chi connectivity index (χ2n) is 3.16. The lowest BCUT2D eigenvalue weighted by Gasteiger charge is -2.03. The fraction of sp³-hybridized carbons (Fsp3) is 0.583. The van der Waals surface area contributed by atoms with Crippen molar-refractivity contribution in [1.82, 2.24) is 11.5 Å². The Morgan fingerprint density at radius 2 is 1.93 bits per heavy atom. The summed E-state index contributed by atoms with van der Waals surface area (Å²) < 4.78 is 0. The van der Waals surface area contributed by atoms with Crippen molar-refractivity contribution >= 4 is 5.91 Å². The quantitative estimate of drug-likeness (QED) is 0.663. The molecular weight excluding hydrogens is 188 g/mol. The molecule has 0 spiro atoms. The molecule has 0 fully saturated rings. The van der Waals surface area contributed by atoms with Crippen LogP contribution >= 0.6 is 0 Å². The number of rotatable bonds is 6. The monoisotopic (exact) mass is 212 g/mol. The molecule has 0 saturated heterocycles. The highest BCUT2D eigenvalue weighted by Gasteiger charge is 1.97. The summed E-state index contributed by atoms with van der Waals surface area (Å²) in [4.78, 5) is 11.1. The van der Waals surface area contributed by atoms with Crippen molar-refractivity contribution in [3.8, 4) is 0 Å². The molecule has 0 aliphatic carbocycles. The van der Waals surface area contributed by atoms with E-state index in [0.717, 1.165) is 25.0 Å². The van der Waals surface area contributed by atoms with Gasteiger partial charge in [0.15, 0.2) is 0 Å². The van der Waals surface area contributed by atoms with Gasteiger partial charge in [0.05, 0.1) is 0 Å². The number of amides is 1. The minimum absolute atomic E-state index is 0. The minimum atomic E-state index is 0. The van der Waals surface area contributed by atoms with E-state index in [9.17, 15) is 4.79 Å². The van der Waals surface area contributed by atoms with Crippen LogP contribution in [0.5, 0.6) is 0 Å². The Morgan fingerprint density at radius 3 is 2.40 bits per heavy atom. The van der Waals surface area contributed by atoms with Gasteiger partial charge >= 0.3 is 0 Å². The summed E-state index contributed by atoms with van der Waals surface area (Å²) in [5.41, 5.74) is 0.924. The van der Waals surface area contributed by atoms with Crippen LogP contribution < -0.4 is 11.5 Å². The fourth-order valence-electron chi connectivity index (χ4n) is 1.01. The van der Waals surface area contributed by atoms with Crippen LogP contribution in [0, 0.1) is 0 Å². The summed E-state index contributed by atoms with van der Waals surface area (Å²) >= 11 is 0. The Hall–Kier alpha value is -1.09. The SMILES string of the molecule is CC/C=C(\C=C/CCC)NC(=O)CC.N. The molecule has 0 unspecified atom stereocenters. The molecule has 0 rings (SSSR count). The maximum Gasteiger partial charge on any atom is 0.224 e.